The van der Waals surface area contributed by atoms with E-state index in [4.69, 9.17) is 4.98 Å². The normalized spacial score (nSPS) is 14.5. The minimum Gasteiger partial charge on any atom is -0.310 e. The lowest BCUT2D eigenvalue weighted by molar-refractivity contribution is 0.688. The smallest absolute Gasteiger partial charge is 0.0709 e. The fraction of sp³-hybridized carbons (Fsp3) is 0.211. The molecule has 0 unspecified atom stereocenters. The first kappa shape index (κ1) is 12.5. The van der Waals surface area contributed by atoms with Crippen molar-refractivity contribution in [3.8, 4) is 11.3 Å². The molecule has 0 radical (unpaired) electrons. The molecule has 4 rings (SSSR count). The highest BCUT2D eigenvalue weighted by Crippen LogP contribution is 2.23. The molecule has 1 aliphatic rings. The van der Waals surface area contributed by atoms with Gasteiger partial charge < -0.3 is 5.32 Å². The molecule has 3 aromatic rings. The zero-order valence-electron chi connectivity index (χ0n) is 11.9. The maximum Gasteiger partial charge on any atom is 0.0709 e. The third-order valence-electron chi connectivity index (χ3n) is 3.99. The number of rotatable bonds is 4. The van der Waals surface area contributed by atoms with Crippen molar-refractivity contribution >= 4 is 10.9 Å². The second-order valence-electron chi connectivity index (χ2n) is 5.74. The number of nitrogens with zero attached hydrogens (tertiary/aromatic N) is 1. The maximum absolute atomic E-state index is 4.77. The van der Waals surface area contributed by atoms with Crippen LogP contribution in [0.25, 0.3) is 22.2 Å². The van der Waals surface area contributed by atoms with Gasteiger partial charge in [-0.3, -0.25) is 0 Å². The first-order valence-electron chi connectivity index (χ1n) is 7.57. The quantitative estimate of drug-likeness (QED) is 0.773. The highest BCUT2D eigenvalue weighted by molar-refractivity contribution is 5.81. The number of benzene rings is 2. The maximum atomic E-state index is 4.77. The van der Waals surface area contributed by atoms with Crippen LogP contribution in [-0.2, 0) is 6.54 Å². The first-order valence-corrected chi connectivity index (χ1v) is 7.57. The van der Waals surface area contributed by atoms with E-state index in [-0.39, 0.29) is 0 Å². The predicted octanol–water partition coefficient (Wildman–Crippen LogP) is 4.15. The van der Waals surface area contributed by atoms with E-state index in [1.54, 1.807) is 0 Å². The van der Waals surface area contributed by atoms with Gasteiger partial charge in [0.25, 0.3) is 0 Å². The molecule has 0 amide bonds. The van der Waals surface area contributed by atoms with Gasteiger partial charge in [-0.25, -0.2) is 4.98 Å². The average Bonchev–Trinajstić information content (AvgIpc) is 3.37. The molecule has 2 nitrogen and oxygen atoms in total. The fourth-order valence-corrected chi connectivity index (χ4v) is 2.62. The third-order valence-corrected chi connectivity index (χ3v) is 3.99. The Bertz CT molecular complexity index is 775. The van der Waals surface area contributed by atoms with Crippen LogP contribution in [0, 0.1) is 0 Å². The summed E-state index contributed by atoms with van der Waals surface area (Å²) < 4.78 is 0. The van der Waals surface area contributed by atoms with Crippen LogP contribution in [0.2, 0.25) is 0 Å². The molecular formula is C19H18N2. The minimum atomic E-state index is 0.743. The molecule has 0 bridgehead atoms. The monoisotopic (exact) mass is 274 g/mol. The summed E-state index contributed by atoms with van der Waals surface area (Å²) in [6, 6.07) is 21.9. The second kappa shape index (κ2) is 5.30. The van der Waals surface area contributed by atoms with E-state index in [1.807, 2.05) is 12.1 Å². The van der Waals surface area contributed by atoms with Gasteiger partial charge >= 0.3 is 0 Å². The fourth-order valence-electron chi connectivity index (χ4n) is 2.62. The Kier molecular flexibility index (Phi) is 3.17. The molecule has 1 N–H and O–H groups in total. The van der Waals surface area contributed by atoms with Gasteiger partial charge in [-0.15, -0.1) is 0 Å². The molecule has 1 heterocycles. The number of hydrogen-bond donors (Lipinski definition) is 1. The van der Waals surface area contributed by atoms with Crippen molar-refractivity contribution in [3.63, 3.8) is 0 Å². The van der Waals surface area contributed by atoms with Crippen molar-refractivity contribution in [2.45, 2.75) is 25.4 Å². The molecule has 0 spiro atoms. The van der Waals surface area contributed by atoms with E-state index in [2.05, 4.69) is 53.8 Å². The molecule has 1 saturated carbocycles. The zero-order chi connectivity index (χ0) is 14.1. The van der Waals surface area contributed by atoms with E-state index in [0.717, 1.165) is 23.8 Å². The summed E-state index contributed by atoms with van der Waals surface area (Å²) in [7, 11) is 0. The first-order chi connectivity index (χ1) is 10.4. The highest BCUT2D eigenvalue weighted by atomic mass is 14.9. The van der Waals surface area contributed by atoms with Gasteiger partial charge in [0.1, 0.15) is 0 Å². The van der Waals surface area contributed by atoms with Crippen LogP contribution in [0.1, 0.15) is 18.4 Å². The minimum absolute atomic E-state index is 0.743. The van der Waals surface area contributed by atoms with Crippen LogP contribution in [0.3, 0.4) is 0 Å². The molecule has 0 aliphatic heterocycles. The van der Waals surface area contributed by atoms with Gasteiger partial charge in [-0.05, 0) is 36.6 Å². The predicted molar refractivity (Wildman–Crippen MR) is 87.0 cm³/mol. The van der Waals surface area contributed by atoms with Gasteiger partial charge in [-0.2, -0.15) is 0 Å². The summed E-state index contributed by atoms with van der Waals surface area (Å²) in [5.74, 6) is 0. The molecule has 1 fully saturated rings. The van der Waals surface area contributed by atoms with Crippen molar-refractivity contribution in [1.82, 2.24) is 10.3 Å². The van der Waals surface area contributed by atoms with Crippen molar-refractivity contribution in [3.05, 3.63) is 66.2 Å². The molecule has 0 atom stereocenters. The lowest BCUT2D eigenvalue weighted by atomic mass is 10.1. The highest BCUT2D eigenvalue weighted by Gasteiger charge is 2.19. The molecule has 2 aromatic carbocycles. The zero-order valence-corrected chi connectivity index (χ0v) is 11.9. The number of fused-ring (bicyclic) bond motifs is 1. The van der Waals surface area contributed by atoms with Gasteiger partial charge in [-0.1, -0.05) is 42.5 Å². The van der Waals surface area contributed by atoms with Crippen LogP contribution in [0.15, 0.2) is 60.7 Å². The summed E-state index contributed by atoms with van der Waals surface area (Å²) in [5.41, 5.74) is 4.61. The summed E-state index contributed by atoms with van der Waals surface area (Å²) in [6.07, 6.45) is 2.65. The van der Waals surface area contributed by atoms with Gasteiger partial charge in [0, 0.05) is 23.5 Å². The van der Waals surface area contributed by atoms with E-state index in [1.165, 1.54) is 29.4 Å². The van der Waals surface area contributed by atoms with Crippen molar-refractivity contribution in [1.29, 1.82) is 0 Å². The van der Waals surface area contributed by atoms with Crippen LogP contribution in [0.5, 0.6) is 0 Å². The van der Waals surface area contributed by atoms with Crippen molar-refractivity contribution < 1.29 is 0 Å². The second-order valence-corrected chi connectivity index (χ2v) is 5.74. The molecule has 104 valence electrons. The Morgan fingerprint density at radius 1 is 0.952 bits per heavy atom. The van der Waals surface area contributed by atoms with E-state index >= 15 is 0 Å². The number of pyridine rings is 1. The third kappa shape index (κ3) is 2.81. The molecule has 21 heavy (non-hydrogen) atoms. The van der Waals surface area contributed by atoms with Crippen LogP contribution < -0.4 is 5.32 Å². The largest absolute Gasteiger partial charge is 0.310 e. The summed E-state index contributed by atoms with van der Waals surface area (Å²) in [6.45, 7) is 0.950. The Labute approximate surface area is 124 Å². The lowest BCUT2D eigenvalue weighted by Crippen LogP contribution is -2.15. The van der Waals surface area contributed by atoms with Crippen molar-refractivity contribution in [2.24, 2.45) is 0 Å². The van der Waals surface area contributed by atoms with Gasteiger partial charge in [0.05, 0.1) is 11.2 Å². The molecule has 1 aromatic heterocycles. The summed E-state index contributed by atoms with van der Waals surface area (Å²) in [4.78, 5) is 4.77. The number of aromatic nitrogens is 1. The van der Waals surface area contributed by atoms with Crippen LogP contribution >= 0.6 is 0 Å². The van der Waals surface area contributed by atoms with E-state index in [9.17, 15) is 0 Å². The molecule has 0 saturated heterocycles. The Morgan fingerprint density at radius 2 is 1.86 bits per heavy atom. The molecular weight excluding hydrogens is 256 g/mol. The molecule has 2 heteroatoms. The van der Waals surface area contributed by atoms with E-state index < -0.39 is 0 Å². The van der Waals surface area contributed by atoms with Gasteiger partial charge in [0.2, 0.25) is 0 Å². The van der Waals surface area contributed by atoms with Gasteiger partial charge in [0.15, 0.2) is 0 Å². The van der Waals surface area contributed by atoms with E-state index in [0.29, 0.717) is 0 Å². The topological polar surface area (TPSA) is 24.9 Å². The summed E-state index contributed by atoms with van der Waals surface area (Å²) in [5, 5.41) is 4.75. The van der Waals surface area contributed by atoms with Crippen LogP contribution in [-0.4, -0.2) is 11.0 Å². The average molecular weight is 274 g/mol. The van der Waals surface area contributed by atoms with Crippen LogP contribution in [0.4, 0.5) is 0 Å². The lowest BCUT2D eigenvalue weighted by Gasteiger charge is -2.07. The summed E-state index contributed by atoms with van der Waals surface area (Å²) >= 11 is 0. The number of nitrogens with one attached hydrogen (secondary N) is 1. The Balaban J connectivity index is 1.65. The Morgan fingerprint density at radius 3 is 2.76 bits per heavy atom. The number of para-hydroxylation sites is 1. The Hall–Kier alpha value is -2.19. The SMILES string of the molecule is c1cc(CNC2CC2)cc(-c2ccc3ccccc3n2)c1. The molecule has 1 aliphatic carbocycles. The van der Waals surface area contributed by atoms with Crippen molar-refractivity contribution in [2.75, 3.05) is 0 Å². The number of hydrogen-bond acceptors (Lipinski definition) is 2. The standard InChI is InChI=1S/C19H18N2/c1-2-7-18-15(5-1)8-11-19(21-18)16-6-3-4-14(12-16)13-20-17-9-10-17/h1-8,11-12,17,20H,9-10,13H2.